The van der Waals surface area contributed by atoms with Gasteiger partial charge in [-0.1, -0.05) is 36.4 Å². The van der Waals surface area contributed by atoms with Crippen molar-refractivity contribution in [3.8, 4) is 11.5 Å². The van der Waals surface area contributed by atoms with Crippen molar-refractivity contribution in [2.45, 2.75) is 6.54 Å². The van der Waals surface area contributed by atoms with Crippen LogP contribution in [0.25, 0.3) is 10.8 Å². The van der Waals surface area contributed by atoms with E-state index < -0.39 is 144 Å². The number of aromatic nitrogens is 1. The Kier molecular flexibility index (Phi) is 12.9. The minimum Gasteiger partial charge on any atom is -0.489 e. The molecule has 0 unspecified atom stereocenters. The molecule has 354 valence electrons. The van der Waals surface area contributed by atoms with E-state index in [0.717, 1.165) is 22.3 Å². The first kappa shape index (κ1) is 48.6. The van der Waals surface area contributed by atoms with Gasteiger partial charge < -0.3 is 9.47 Å². The summed E-state index contributed by atoms with van der Waals surface area (Å²) in [5.74, 6) is -69.7. The van der Waals surface area contributed by atoms with Crippen molar-refractivity contribution in [3.63, 3.8) is 0 Å². The summed E-state index contributed by atoms with van der Waals surface area (Å²) in [6.07, 6.45) is -3.38. The summed E-state index contributed by atoms with van der Waals surface area (Å²) in [7, 11) is 0. The van der Waals surface area contributed by atoms with Crippen LogP contribution < -0.4 is 35.9 Å². The first-order valence-corrected chi connectivity index (χ1v) is 18.5. The third kappa shape index (κ3) is 7.46. The molecule has 0 fully saturated rings. The van der Waals surface area contributed by atoms with E-state index in [1.54, 1.807) is 0 Å². The number of carbonyl (C=O) groups is 1. The Morgan fingerprint density at radius 3 is 1.07 bits per heavy atom. The number of benzene rings is 6. The Labute approximate surface area is 365 Å². The lowest BCUT2D eigenvalue weighted by atomic mass is 9.12. The van der Waals surface area contributed by atoms with Crippen LogP contribution in [0.2, 0.25) is 0 Å². The van der Waals surface area contributed by atoms with E-state index in [4.69, 9.17) is 9.47 Å². The molecule has 0 saturated carbocycles. The zero-order valence-corrected chi connectivity index (χ0v) is 32.7. The van der Waals surface area contributed by atoms with Crippen LogP contribution >= 0.6 is 0 Å². The number of nitrogens with zero attached hydrogens (tertiary/aromatic N) is 1. The standard InChI is InChI=1S/C24BF20.C19H16NO3/c26-5-1(6(27)14(35)21(42)13(5)34)25(2-7(28)15(36)22(43)16(37)8(2)29,3-9(30)17(38)23(44)18(39)10(3)31)4-11(32)19(40)24(45)20(41)12(4)33;21-16(14-5-2-1-3-6-14)12-20-11-15-7-4-8-17-19(15)18(13-20)23-10-9-22-17/h;1-8,11,13H,9-10,12H2/q-1;+1. The minimum atomic E-state index is -7.22. The van der Waals surface area contributed by atoms with Gasteiger partial charge in [-0.05, 0) is 12.1 Å². The second-order valence-corrected chi connectivity index (χ2v) is 14.3. The van der Waals surface area contributed by atoms with Crippen LogP contribution in [0.5, 0.6) is 11.5 Å². The number of pyridine rings is 1. The van der Waals surface area contributed by atoms with Gasteiger partial charge in [-0.2, -0.15) is 4.57 Å². The number of rotatable bonds is 7. The van der Waals surface area contributed by atoms with E-state index in [-0.39, 0.29) is 12.3 Å². The molecule has 0 aliphatic carbocycles. The Morgan fingerprint density at radius 1 is 0.397 bits per heavy atom. The number of hydrogen-bond acceptors (Lipinski definition) is 3. The number of ketones is 1. The highest BCUT2D eigenvalue weighted by molar-refractivity contribution is 7.20. The van der Waals surface area contributed by atoms with E-state index in [1.165, 1.54) is 0 Å². The van der Waals surface area contributed by atoms with Gasteiger partial charge in [0.05, 0.1) is 10.8 Å². The molecule has 0 N–H and O–H groups in total. The molecule has 1 aromatic heterocycles. The summed E-state index contributed by atoms with van der Waals surface area (Å²) in [4.78, 5) is 12.4. The lowest BCUT2D eigenvalue weighted by Crippen LogP contribution is -2.81. The molecular weight excluding hydrogens is 969 g/mol. The van der Waals surface area contributed by atoms with Gasteiger partial charge in [0.2, 0.25) is 18.5 Å². The molecule has 25 heteroatoms. The largest absolute Gasteiger partial charge is 0.489 e. The van der Waals surface area contributed by atoms with Crippen molar-refractivity contribution < 1.29 is 107 Å². The highest BCUT2D eigenvalue weighted by atomic mass is 19.2. The monoisotopic (exact) mass is 985 g/mol. The second kappa shape index (κ2) is 18.0. The summed E-state index contributed by atoms with van der Waals surface area (Å²) < 4.78 is 307. The molecule has 6 aromatic carbocycles. The summed E-state index contributed by atoms with van der Waals surface area (Å²) in [5, 5.41) is 1.97. The van der Waals surface area contributed by atoms with Crippen LogP contribution in [0.3, 0.4) is 0 Å². The molecule has 0 spiro atoms. The first-order valence-electron chi connectivity index (χ1n) is 18.5. The molecule has 7 aromatic rings. The lowest BCUT2D eigenvalue weighted by molar-refractivity contribution is -0.682. The maximum Gasteiger partial charge on any atom is 0.227 e. The molecule has 0 radical (unpaired) electrons. The van der Waals surface area contributed by atoms with Gasteiger partial charge in [0.15, 0.2) is 81.8 Å². The van der Waals surface area contributed by atoms with Crippen LogP contribution in [0.4, 0.5) is 87.8 Å². The lowest BCUT2D eigenvalue weighted by Gasteiger charge is -2.44. The van der Waals surface area contributed by atoms with E-state index >= 15 is 35.1 Å². The predicted octanol–water partition coefficient (Wildman–Crippen LogP) is 8.63. The number of ether oxygens (including phenoxy) is 2. The van der Waals surface area contributed by atoms with Gasteiger partial charge >= 0.3 is 0 Å². The second-order valence-electron chi connectivity index (χ2n) is 14.3. The summed E-state index contributed by atoms with van der Waals surface area (Å²) in [5.41, 5.74) is -13.6. The number of Topliss-reactive ketones (excluding diaryl/α,β-unsaturated/α-hetero) is 1. The maximum absolute atomic E-state index is 15.4. The summed E-state index contributed by atoms with van der Waals surface area (Å²) in [6, 6.07) is 15.2. The van der Waals surface area contributed by atoms with Gasteiger partial charge in [0.1, 0.15) is 71.6 Å². The van der Waals surface area contributed by atoms with Crippen LogP contribution in [-0.4, -0.2) is 25.1 Å². The van der Waals surface area contributed by atoms with Crippen LogP contribution in [0, 0.1) is 116 Å². The fraction of sp³-hybridized carbons (Fsp3) is 0.0698. The molecule has 2 heterocycles. The van der Waals surface area contributed by atoms with Crippen molar-refractivity contribution in [1.82, 2.24) is 0 Å². The van der Waals surface area contributed by atoms with Crippen LogP contribution in [0.1, 0.15) is 10.4 Å². The Morgan fingerprint density at radius 2 is 0.721 bits per heavy atom. The van der Waals surface area contributed by atoms with Gasteiger partial charge in [0, 0.05) is 5.56 Å². The van der Waals surface area contributed by atoms with Crippen LogP contribution in [-0.2, 0) is 6.54 Å². The van der Waals surface area contributed by atoms with Crippen LogP contribution in [0.15, 0.2) is 60.9 Å². The van der Waals surface area contributed by atoms with Crippen molar-refractivity contribution in [2.24, 2.45) is 0 Å². The van der Waals surface area contributed by atoms with Gasteiger partial charge in [-0.25, -0.2) is 87.8 Å². The van der Waals surface area contributed by atoms with E-state index in [2.05, 4.69) is 0 Å². The van der Waals surface area contributed by atoms with Crippen molar-refractivity contribution in [2.75, 3.05) is 13.2 Å². The molecule has 68 heavy (non-hydrogen) atoms. The third-order valence-corrected chi connectivity index (χ3v) is 10.6. The summed E-state index contributed by atoms with van der Waals surface area (Å²) in [6.45, 7) is 1.30. The van der Waals surface area contributed by atoms with Gasteiger partial charge in [-0.15, -0.1) is 21.9 Å². The predicted molar refractivity (Wildman–Crippen MR) is 195 cm³/mol. The first-order chi connectivity index (χ1) is 32.0. The normalized spacial score (nSPS) is 12.4. The van der Waals surface area contributed by atoms with Crippen molar-refractivity contribution >= 4 is 44.6 Å². The summed E-state index contributed by atoms with van der Waals surface area (Å²) >= 11 is 0. The zero-order chi connectivity index (χ0) is 50.0. The molecule has 1 aliphatic rings. The van der Waals surface area contributed by atoms with Crippen molar-refractivity contribution in [1.29, 1.82) is 0 Å². The van der Waals surface area contributed by atoms with Gasteiger partial charge in [0.25, 0.3) is 0 Å². The Hall–Kier alpha value is -7.34. The minimum absolute atomic E-state index is 0.0724. The number of carbonyl (C=O) groups excluding carboxylic acids is 1. The topological polar surface area (TPSA) is 39.4 Å². The number of hydrogen-bond donors (Lipinski definition) is 0. The molecule has 0 bridgehead atoms. The maximum atomic E-state index is 15.4. The average molecular weight is 985 g/mol. The third-order valence-electron chi connectivity index (χ3n) is 10.6. The average Bonchev–Trinajstić information content (AvgIpc) is 3.54. The molecule has 0 atom stereocenters. The fourth-order valence-electron chi connectivity index (χ4n) is 7.73. The highest BCUT2D eigenvalue weighted by Crippen LogP contribution is 2.35. The van der Waals surface area contributed by atoms with Crippen molar-refractivity contribution in [3.05, 3.63) is 183 Å². The highest BCUT2D eigenvalue weighted by Gasteiger charge is 2.52. The van der Waals surface area contributed by atoms with E-state index in [1.807, 2.05) is 65.5 Å². The zero-order valence-electron chi connectivity index (χ0n) is 32.7. The Bertz CT molecular complexity index is 2860. The Balaban J connectivity index is 0.000000246. The molecule has 8 rings (SSSR count). The van der Waals surface area contributed by atoms with E-state index in [9.17, 15) is 57.5 Å². The number of halogens is 20. The fourth-order valence-corrected chi connectivity index (χ4v) is 7.73. The quantitative estimate of drug-likeness (QED) is 0.0402. The molecule has 0 amide bonds. The SMILES string of the molecule is Fc1c(F)c(F)c([B-](c2c(F)c(F)c(F)c(F)c2F)(c2c(F)c(F)c(F)c(F)c2F)c2c(F)c(F)c(F)c(F)c2F)c(F)c1F.O=C(C[n+]1cc2c3c(cccc3c1)OCCO2)c1ccccc1. The molecule has 4 nitrogen and oxygen atoms in total. The van der Waals surface area contributed by atoms with Gasteiger partial charge in [-0.3, -0.25) is 4.79 Å². The molecule has 1 aliphatic heterocycles. The van der Waals surface area contributed by atoms with E-state index in [0.29, 0.717) is 18.8 Å². The smallest absolute Gasteiger partial charge is 0.227 e. The molecule has 0 saturated heterocycles. The molecular formula is C43H16BF20NO3.